The van der Waals surface area contributed by atoms with Gasteiger partial charge in [-0.1, -0.05) is 18.7 Å². The van der Waals surface area contributed by atoms with Crippen molar-refractivity contribution in [3.63, 3.8) is 0 Å². The van der Waals surface area contributed by atoms with Crippen LogP contribution in [0.25, 0.3) is 23.0 Å². The SMILES string of the molecule is C=C=C1NC=Cc2cc(-c3ccc(F)nc3)nc(Nc3ccc(C4CCN(S(C)(=O)=O)CC4)cc3)c21. The van der Waals surface area contributed by atoms with Gasteiger partial charge in [0.2, 0.25) is 16.0 Å². The normalized spacial score (nSPS) is 16.2. The molecule has 2 N–H and O–H groups in total. The Morgan fingerprint density at radius 3 is 2.56 bits per heavy atom. The molecular weight excluding hydrogens is 477 g/mol. The average Bonchev–Trinajstić information content (AvgIpc) is 2.88. The fourth-order valence-electron chi connectivity index (χ4n) is 4.65. The van der Waals surface area contributed by atoms with E-state index in [1.807, 2.05) is 30.5 Å². The van der Waals surface area contributed by atoms with Crippen molar-refractivity contribution in [2.75, 3.05) is 24.7 Å². The van der Waals surface area contributed by atoms with Crippen molar-refractivity contribution in [2.24, 2.45) is 0 Å². The van der Waals surface area contributed by atoms with Crippen LogP contribution in [0.2, 0.25) is 0 Å². The van der Waals surface area contributed by atoms with Gasteiger partial charge in [0.15, 0.2) is 0 Å². The number of hydrogen-bond acceptors (Lipinski definition) is 6. The number of rotatable bonds is 5. The minimum atomic E-state index is -3.14. The van der Waals surface area contributed by atoms with Gasteiger partial charge in [-0.15, -0.1) is 5.73 Å². The van der Waals surface area contributed by atoms with E-state index in [0.29, 0.717) is 41.8 Å². The van der Waals surface area contributed by atoms with Crippen molar-refractivity contribution in [3.05, 3.63) is 89.8 Å². The van der Waals surface area contributed by atoms with Gasteiger partial charge < -0.3 is 10.6 Å². The number of halogens is 1. The summed E-state index contributed by atoms with van der Waals surface area (Å²) in [7, 11) is -3.14. The Morgan fingerprint density at radius 2 is 1.92 bits per heavy atom. The van der Waals surface area contributed by atoms with Gasteiger partial charge in [0.05, 0.1) is 23.2 Å². The molecule has 3 aromatic rings. The second-order valence-corrected chi connectivity index (χ2v) is 10.9. The minimum absolute atomic E-state index is 0.321. The standard InChI is InChI=1S/C27H26FN5O2S/c1-3-23-26-20(10-13-29-23)16-24(21-6-9-25(28)30-17-21)32-27(26)31-22-7-4-18(5-8-22)19-11-14-33(15-12-19)36(2,34)35/h4-10,13,16-17,19,29H,1,11-12,14-15H2,2H3,(H,31,32). The molecule has 0 saturated carbocycles. The van der Waals surface area contributed by atoms with Gasteiger partial charge in [-0.2, -0.15) is 4.39 Å². The molecule has 184 valence electrons. The van der Waals surface area contributed by atoms with Gasteiger partial charge in [-0.3, -0.25) is 0 Å². The molecule has 2 aliphatic rings. The number of piperidine rings is 1. The quantitative estimate of drug-likeness (QED) is 0.382. The molecule has 0 atom stereocenters. The third kappa shape index (κ3) is 4.95. The van der Waals surface area contributed by atoms with Crippen LogP contribution >= 0.6 is 0 Å². The van der Waals surface area contributed by atoms with Gasteiger partial charge in [0.25, 0.3) is 0 Å². The zero-order chi connectivity index (χ0) is 25.3. The number of benzene rings is 1. The molecule has 2 aliphatic heterocycles. The largest absolute Gasteiger partial charge is 0.355 e. The summed E-state index contributed by atoms with van der Waals surface area (Å²) >= 11 is 0. The van der Waals surface area contributed by atoms with E-state index in [1.54, 1.807) is 10.4 Å². The van der Waals surface area contributed by atoms with E-state index in [2.05, 4.69) is 40.1 Å². The number of hydrogen-bond donors (Lipinski definition) is 2. The molecule has 0 radical (unpaired) electrons. The number of sulfonamides is 1. The summed E-state index contributed by atoms with van der Waals surface area (Å²) in [6.07, 6.45) is 8.08. The zero-order valence-electron chi connectivity index (χ0n) is 19.8. The first kappa shape index (κ1) is 23.9. The van der Waals surface area contributed by atoms with Crippen LogP contribution in [-0.4, -0.2) is 42.0 Å². The summed E-state index contributed by atoms with van der Waals surface area (Å²) in [5.74, 6) is 0.393. The molecule has 5 rings (SSSR count). The first-order chi connectivity index (χ1) is 17.3. The second kappa shape index (κ2) is 9.70. The van der Waals surface area contributed by atoms with E-state index in [4.69, 9.17) is 4.98 Å². The van der Waals surface area contributed by atoms with E-state index in [0.717, 1.165) is 29.7 Å². The fraction of sp³-hybridized carbons (Fsp3) is 0.222. The highest BCUT2D eigenvalue weighted by Crippen LogP contribution is 2.35. The number of aromatic nitrogens is 2. The number of fused-ring (bicyclic) bond motifs is 1. The molecular formula is C27H26FN5O2S. The van der Waals surface area contributed by atoms with Gasteiger partial charge in [-0.25, -0.2) is 22.7 Å². The van der Waals surface area contributed by atoms with Crippen molar-refractivity contribution >= 4 is 33.3 Å². The Bertz CT molecular complexity index is 1470. The Morgan fingerprint density at radius 1 is 1.17 bits per heavy atom. The summed E-state index contributed by atoms with van der Waals surface area (Å²) in [4.78, 5) is 8.59. The maximum absolute atomic E-state index is 13.4. The number of pyridine rings is 2. The third-order valence-electron chi connectivity index (χ3n) is 6.56. The minimum Gasteiger partial charge on any atom is -0.355 e. The average molecular weight is 504 g/mol. The van der Waals surface area contributed by atoms with Crippen LogP contribution in [0.3, 0.4) is 0 Å². The lowest BCUT2D eigenvalue weighted by molar-refractivity contribution is 0.321. The predicted octanol–water partition coefficient (Wildman–Crippen LogP) is 4.87. The molecule has 1 saturated heterocycles. The molecule has 9 heteroatoms. The van der Waals surface area contributed by atoms with Crippen molar-refractivity contribution in [1.29, 1.82) is 0 Å². The molecule has 7 nitrogen and oxygen atoms in total. The van der Waals surface area contributed by atoms with E-state index >= 15 is 0 Å². The Balaban J connectivity index is 1.42. The van der Waals surface area contributed by atoms with Gasteiger partial charge in [-0.05, 0) is 66.3 Å². The van der Waals surface area contributed by atoms with Crippen molar-refractivity contribution in [2.45, 2.75) is 18.8 Å². The summed E-state index contributed by atoms with van der Waals surface area (Å²) < 4.78 is 38.5. The summed E-state index contributed by atoms with van der Waals surface area (Å²) in [5, 5.41) is 6.58. The van der Waals surface area contributed by atoms with Crippen LogP contribution in [0.15, 0.2) is 67.2 Å². The number of anilines is 2. The van der Waals surface area contributed by atoms with E-state index in [1.165, 1.54) is 24.1 Å². The molecule has 4 heterocycles. The Kier molecular flexibility index (Phi) is 6.45. The lowest BCUT2D eigenvalue weighted by atomic mass is 9.90. The van der Waals surface area contributed by atoms with Crippen molar-refractivity contribution in [3.8, 4) is 11.3 Å². The highest BCUT2D eigenvalue weighted by atomic mass is 32.2. The van der Waals surface area contributed by atoms with E-state index in [-0.39, 0.29) is 0 Å². The third-order valence-corrected chi connectivity index (χ3v) is 7.86. The van der Waals surface area contributed by atoms with Crippen molar-refractivity contribution < 1.29 is 12.8 Å². The number of nitrogens with one attached hydrogen (secondary N) is 2. The zero-order valence-corrected chi connectivity index (χ0v) is 20.6. The first-order valence-corrected chi connectivity index (χ1v) is 13.5. The van der Waals surface area contributed by atoms with E-state index in [9.17, 15) is 12.8 Å². The molecule has 0 amide bonds. The Labute approximate surface area is 210 Å². The summed E-state index contributed by atoms with van der Waals surface area (Å²) in [5.41, 5.74) is 8.81. The topological polar surface area (TPSA) is 87.2 Å². The highest BCUT2D eigenvalue weighted by Gasteiger charge is 2.26. The first-order valence-electron chi connectivity index (χ1n) is 11.6. The van der Waals surface area contributed by atoms with Crippen LogP contribution in [0.1, 0.15) is 35.4 Å². The van der Waals surface area contributed by atoms with Gasteiger partial charge in [0, 0.05) is 36.7 Å². The van der Waals surface area contributed by atoms with Crippen LogP contribution in [0.4, 0.5) is 15.9 Å². The second-order valence-electron chi connectivity index (χ2n) is 8.90. The van der Waals surface area contributed by atoms with Gasteiger partial charge >= 0.3 is 0 Å². The molecule has 0 aliphatic carbocycles. The lowest BCUT2D eigenvalue weighted by Crippen LogP contribution is -2.37. The van der Waals surface area contributed by atoms with Crippen LogP contribution in [0, 0.1) is 5.95 Å². The monoisotopic (exact) mass is 503 g/mol. The molecule has 1 fully saturated rings. The Hall–Kier alpha value is -3.78. The summed E-state index contributed by atoms with van der Waals surface area (Å²) in [6, 6.07) is 13.0. The predicted molar refractivity (Wildman–Crippen MR) is 140 cm³/mol. The molecule has 36 heavy (non-hydrogen) atoms. The maximum Gasteiger partial charge on any atom is 0.212 e. The van der Waals surface area contributed by atoms with E-state index < -0.39 is 16.0 Å². The van der Waals surface area contributed by atoms with Crippen LogP contribution < -0.4 is 10.6 Å². The van der Waals surface area contributed by atoms with Crippen LogP contribution in [-0.2, 0) is 10.0 Å². The highest BCUT2D eigenvalue weighted by molar-refractivity contribution is 7.88. The lowest BCUT2D eigenvalue weighted by Gasteiger charge is -2.30. The smallest absolute Gasteiger partial charge is 0.212 e. The van der Waals surface area contributed by atoms with Crippen LogP contribution in [0.5, 0.6) is 0 Å². The summed E-state index contributed by atoms with van der Waals surface area (Å²) in [6.45, 7) is 4.89. The fourth-order valence-corrected chi connectivity index (χ4v) is 5.52. The molecule has 0 spiro atoms. The molecule has 0 unspecified atom stereocenters. The molecule has 2 aromatic heterocycles. The molecule has 1 aromatic carbocycles. The number of nitrogens with zero attached hydrogens (tertiary/aromatic N) is 3. The van der Waals surface area contributed by atoms with Gasteiger partial charge in [0.1, 0.15) is 5.82 Å². The molecule has 0 bridgehead atoms. The maximum atomic E-state index is 13.4. The van der Waals surface area contributed by atoms with Crippen molar-refractivity contribution in [1.82, 2.24) is 19.6 Å².